The van der Waals surface area contributed by atoms with Crippen LogP contribution >= 0.6 is 11.5 Å². The number of piperazine rings is 1. The zero-order valence-corrected chi connectivity index (χ0v) is 15.2. The molecule has 1 saturated heterocycles. The second-order valence-corrected chi connectivity index (χ2v) is 6.84. The van der Waals surface area contributed by atoms with E-state index in [4.69, 9.17) is 5.73 Å². The fourth-order valence-corrected chi connectivity index (χ4v) is 3.64. The Kier molecular flexibility index (Phi) is 4.29. The van der Waals surface area contributed by atoms with Crippen LogP contribution in [0.5, 0.6) is 0 Å². The monoisotopic (exact) mass is 369 g/mol. The van der Waals surface area contributed by atoms with Gasteiger partial charge in [-0.05, 0) is 18.2 Å². The van der Waals surface area contributed by atoms with Crippen molar-refractivity contribution in [2.24, 2.45) is 0 Å². The van der Waals surface area contributed by atoms with Crippen molar-refractivity contribution in [1.82, 2.24) is 19.2 Å². The van der Waals surface area contributed by atoms with E-state index in [0.29, 0.717) is 37.9 Å². The number of nitrogens with zero attached hydrogens (tertiary/aromatic N) is 6. The van der Waals surface area contributed by atoms with Crippen LogP contribution in [0.4, 0.5) is 21.7 Å². The maximum absolute atomic E-state index is 12.8. The molecule has 134 valence electrons. The number of hydrogen-bond donors (Lipinski definition) is 1. The first kappa shape index (κ1) is 16.5. The van der Waals surface area contributed by atoms with Gasteiger partial charge in [0.1, 0.15) is 5.82 Å². The van der Waals surface area contributed by atoms with E-state index in [0.717, 1.165) is 16.0 Å². The number of urea groups is 1. The third-order valence-electron chi connectivity index (χ3n) is 4.47. The van der Waals surface area contributed by atoms with Crippen molar-refractivity contribution in [2.45, 2.75) is 0 Å². The van der Waals surface area contributed by atoms with Crippen molar-refractivity contribution >= 4 is 45.4 Å². The maximum Gasteiger partial charge on any atom is 0.325 e. The minimum atomic E-state index is -0.0517. The van der Waals surface area contributed by atoms with E-state index in [-0.39, 0.29) is 6.03 Å². The zero-order chi connectivity index (χ0) is 18.1. The summed E-state index contributed by atoms with van der Waals surface area (Å²) < 4.78 is 4.01. The number of rotatable bonds is 2. The maximum atomic E-state index is 12.8. The quantitative estimate of drug-likeness (QED) is 0.743. The van der Waals surface area contributed by atoms with Crippen LogP contribution in [0.15, 0.2) is 36.4 Å². The van der Waals surface area contributed by atoms with Crippen LogP contribution in [0.25, 0.3) is 10.9 Å². The minimum absolute atomic E-state index is 0.0517. The number of anilines is 3. The number of carbonyl (C=O) groups is 1. The lowest BCUT2D eigenvalue weighted by molar-refractivity contribution is 0.202. The Bertz CT molecular complexity index is 936. The molecule has 0 spiro atoms. The molecular weight excluding hydrogens is 350 g/mol. The molecule has 1 aromatic carbocycles. The van der Waals surface area contributed by atoms with Gasteiger partial charge >= 0.3 is 6.03 Å². The Morgan fingerprint density at radius 1 is 1.12 bits per heavy atom. The molecule has 3 heterocycles. The van der Waals surface area contributed by atoms with Crippen LogP contribution in [0.1, 0.15) is 0 Å². The molecule has 3 aromatic rings. The molecule has 26 heavy (non-hydrogen) atoms. The highest BCUT2D eigenvalue weighted by atomic mass is 32.1. The van der Waals surface area contributed by atoms with E-state index < -0.39 is 0 Å². The first-order chi connectivity index (χ1) is 12.6. The van der Waals surface area contributed by atoms with E-state index in [1.165, 1.54) is 11.5 Å². The standard InChI is InChI=1S/C17H19N7OS/c1-22(14-7-6-12-4-2-3-5-13(12)19-14)17(25)24-10-8-23(9-11-24)16-20-15(18)21-26-16/h2-7H,8-11H2,1H3,(H2,18,21). The number of para-hydroxylation sites is 1. The molecule has 2 amide bonds. The molecule has 0 saturated carbocycles. The molecular formula is C17H19N7OS. The third-order valence-corrected chi connectivity index (χ3v) is 5.26. The number of carbonyl (C=O) groups excluding carboxylic acids is 1. The van der Waals surface area contributed by atoms with Crippen molar-refractivity contribution in [3.8, 4) is 0 Å². The molecule has 2 aromatic heterocycles. The summed E-state index contributed by atoms with van der Waals surface area (Å²) >= 11 is 1.29. The van der Waals surface area contributed by atoms with E-state index in [2.05, 4.69) is 19.2 Å². The molecule has 9 heteroatoms. The van der Waals surface area contributed by atoms with Crippen LogP contribution in [-0.2, 0) is 0 Å². The average Bonchev–Trinajstić information content (AvgIpc) is 3.13. The molecule has 0 aliphatic carbocycles. The van der Waals surface area contributed by atoms with Gasteiger partial charge in [-0.25, -0.2) is 9.78 Å². The average molecular weight is 369 g/mol. The van der Waals surface area contributed by atoms with Crippen LogP contribution in [0.2, 0.25) is 0 Å². The Morgan fingerprint density at radius 2 is 1.88 bits per heavy atom. The lowest BCUT2D eigenvalue weighted by Gasteiger charge is -2.36. The van der Waals surface area contributed by atoms with Crippen LogP contribution < -0.4 is 15.5 Å². The van der Waals surface area contributed by atoms with Crippen molar-refractivity contribution in [3.05, 3.63) is 36.4 Å². The van der Waals surface area contributed by atoms with Gasteiger partial charge in [-0.1, -0.05) is 18.2 Å². The lowest BCUT2D eigenvalue weighted by atomic mass is 10.2. The second-order valence-electron chi connectivity index (χ2n) is 6.11. The summed E-state index contributed by atoms with van der Waals surface area (Å²) in [5.74, 6) is 0.943. The summed E-state index contributed by atoms with van der Waals surface area (Å²) in [6.45, 7) is 2.66. The van der Waals surface area contributed by atoms with Crippen LogP contribution in [-0.4, -0.2) is 58.5 Å². The van der Waals surface area contributed by atoms with Gasteiger partial charge in [0, 0.05) is 50.1 Å². The van der Waals surface area contributed by atoms with Gasteiger partial charge in [0.2, 0.25) is 11.1 Å². The summed E-state index contributed by atoms with van der Waals surface area (Å²) in [5.41, 5.74) is 6.47. The highest BCUT2D eigenvalue weighted by molar-refractivity contribution is 7.09. The molecule has 2 N–H and O–H groups in total. The summed E-state index contributed by atoms with van der Waals surface area (Å²) in [5, 5.41) is 1.86. The normalized spacial score (nSPS) is 14.7. The summed E-state index contributed by atoms with van der Waals surface area (Å²) in [6.07, 6.45) is 0. The lowest BCUT2D eigenvalue weighted by Crippen LogP contribution is -2.52. The second kappa shape index (κ2) is 6.75. The fourth-order valence-electron chi connectivity index (χ4n) is 3.00. The molecule has 0 unspecified atom stereocenters. The predicted molar refractivity (Wildman–Crippen MR) is 104 cm³/mol. The van der Waals surface area contributed by atoms with Crippen molar-refractivity contribution < 1.29 is 4.79 Å². The SMILES string of the molecule is CN(C(=O)N1CCN(c2nc(N)ns2)CC1)c1ccc2ccccc2n1. The Labute approximate surface area is 155 Å². The van der Waals surface area contributed by atoms with E-state index in [1.54, 1.807) is 11.9 Å². The van der Waals surface area contributed by atoms with Crippen molar-refractivity contribution in [2.75, 3.05) is 48.8 Å². The number of fused-ring (bicyclic) bond motifs is 1. The third kappa shape index (κ3) is 3.13. The predicted octanol–water partition coefficient (Wildman–Crippen LogP) is 2.05. The van der Waals surface area contributed by atoms with Gasteiger partial charge < -0.3 is 15.5 Å². The molecule has 8 nitrogen and oxygen atoms in total. The molecule has 4 rings (SSSR count). The summed E-state index contributed by atoms with van der Waals surface area (Å²) in [7, 11) is 1.76. The van der Waals surface area contributed by atoms with Crippen molar-refractivity contribution in [1.29, 1.82) is 0 Å². The van der Waals surface area contributed by atoms with Gasteiger partial charge in [-0.15, -0.1) is 0 Å². The number of hydrogen-bond acceptors (Lipinski definition) is 7. The molecule has 1 aliphatic heterocycles. The largest absolute Gasteiger partial charge is 0.367 e. The number of amides is 2. The number of aromatic nitrogens is 3. The topological polar surface area (TPSA) is 91.5 Å². The molecule has 0 atom stereocenters. The molecule has 1 aliphatic rings. The van der Waals surface area contributed by atoms with Gasteiger partial charge in [-0.3, -0.25) is 4.90 Å². The Hall–Kier alpha value is -2.94. The highest BCUT2D eigenvalue weighted by Crippen LogP contribution is 2.21. The summed E-state index contributed by atoms with van der Waals surface area (Å²) in [6, 6.07) is 11.7. The first-order valence-electron chi connectivity index (χ1n) is 8.34. The van der Waals surface area contributed by atoms with Crippen LogP contribution in [0.3, 0.4) is 0 Å². The number of pyridine rings is 1. The van der Waals surface area contributed by atoms with Crippen molar-refractivity contribution in [3.63, 3.8) is 0 Å². The Morgan fingerprint density at radius 3 is 2.62 bits per heavy atom. The zero-order valence-electron chi connectivity index (χ0n) is 14.4. The number of benzene rings is 1. The molecule has 1 fully saturated rings. The first-order valence-corrected chi connectivity index (χ1v) is 9.12. The number of nitrogens with two attached hydrogens (primary N) is 1. The molecule has 0 bridgehead atoms. The van der Waals surface area contributed by atoms with E-state index in [1.807, 2.05) is 41.3 Å². The smallest absolute Gasteiger partial charge is 0.325 e. The van der Waals surface area contributed by atoms with Gasteiger partial charge in [0.25, 0.3) is 0 Å². The minimum Gasteiger partial charge on any atom is -0.367 e. The van der Waals surface area contributed by atoms with Gasteiger partial charge in [0.15, 0.2) is 0 Å². The Balaban J connectivity index is 1.43. The van der Waals surface area contributed by atoms with Gasteiger partial charge in [-0.2, -0.15) is 9.36 Å². The fraction of sp³-hybridized carbons (Fsp3) is 0.294. The number of nitrogen functional groups attached to an aromatic ring is 1. The summed E-state index contributed by atoms with van der Waals surface area (Å²) in [4.78, 5) is 27.2. The van der Waals surface area contributed by atoms with Gasteiger partial charge in [0.05, 0.1) is 5.52 Å². The van der Waals surface area contributed by atoms with Crippen LogP contribution in [0, 0.1) is 0 Å². The molecule has 0 radical (unpaired) electrons. The van der Waals surface area contributed by atoms with E-state index >= 15 is 0 Å². The highest BCUT2D eigenvalue weighted by Gasteiger charge is 2.26. The van der Waals surface area contributed by atoms with E-state index in [9.17, 15) is 4.79 Å².